The minimum Gasteiger partial charge on any atom is -0.449 e. The molecule has 3 amide bonds. The zero-order valence-electron chi connectivity index (χ0n) is 23.3. The van der Waals surface area contributed by atoms with Crippen LogP contribution in [0.3, 0.4) is 0 Å². The number of carbonyl (C=O) groups is 3. The average molecular weight is 567 g/mol. The van der Waals surface area contributed by atoms with Gasteiger partial charge >= 0.3 is 6.09 Å². The van der Waals surface area contributed by atoms with Gasteiger partial charge in [-0.15, -0.1) is 0 Å². The van der Waals surface area contributed by atoms with Crippen molar-refractivity contribution >= 4 is 41.1 Å². The summed E-state index contributed by atoms with van der Waals surface area (Å²) in [5.74, 6) is 0.0846. The van der Waals surface area contributed by atoms with Crippen LogP contribution in [-0.2, 0) is 14.3 Å². The van der Waals surface area contributed by atoms with Crippen molar-refractivity contribution in [1.29, 1.82) is 0 Å². The van der Waals surface area contributed by atoms with E-state index in [2.05, 4.69) is 20.8 Å². The molecule has 1 aromatic carbocycles. The summed E-state index contributed by atoms with van der Waals surface area (Å²) in [6.45, 7) is 10.9. The summed E-state index contributed by atoms with van der Waals surface area (Å²) in [6.07, 6.45) is 3.63. The Labute approximate surface area is 236 Å². The molecule has 210 valence electrons. The Balaban J connectivity index is 1.44. The smallest absolute Gasteiger partial charge is 0.409 e. The maximum absolute atomic E-state index is 13.6. The van der Waals surface area contributed by atoms with Gasteiger partial charge in [0, 0.05) is 50.5 Å². The molecule has 1 aliphatic carbocycles. The number of likely N-dealkylation sites (N-methyl/N-ethyl adjacent to an activating group) is 1. The van der Waals surface area contributed by atoms with Gasteiger partial charge in [0.2, 0.25) is 11.8 Å². The molecule has 3 fully saturated rings. The molecule has 0 unspecified atom stereocenters. The lowest BCUT2D eigenvalue weighted by Crippen LogP contribution is -2.46. The van der Waals surface area contributed by atoms with Crippen LogP contribution in [0.2, 0.25) is 10.0 Å². The highest BCUT2D eigenvalue weighted by atomic mass is 35.5. The van der Waals surface area contributed by atoms with Gasteiger partial charge < -0.3 is 19.4 Å². The highest BCUT2D eigenvalue weighted by Gasteiger charge is 2.48. The van der Waals surface area contributed by atoms with Crippen molar-refractivity contribution in [3.05, 3.63) is 33.8 Å². The Hall–Kier alpha value is -1.99. The Kier molecular flexibility index (Phi) is 8.58. The normalized spacial score (nSPS) is 23.3. The molecule has 3 aliphatic rings. The van der Waals surface area contributed by atoms with Crippen LogP contribution in [0.5, 0.6) is 0 Å². The molecule has 2 saturated heterocycles. The predicted octanol–water partition coefficient (Wildman–Crippen LogP) is 5.83. The van der Waals surface area contributed by atoms with Gasteiger partial charge in [0.05, 0.1) is 22.7 Å². The molecular weight excluding hydrogens is 525 g/mol. The van der Waals surface area contributed by atoms with Gasteiger partial charge in [-0.1, -0.05) is 57.0 Å². The van der Waals surface area contributed by atoms with Crippen LogP contribution in [-0.4, -0.2) is 78.5 Å². The van der Waals surface area contributed by atoms with Gasteiger partial charge in [0.25, 0.3) is 0 Å². The largest absolute Gasteiger partial charge is 0.449 e. The van der Waals surface area contributed by atoms with E-state index in [-0.39, 0.29) is 46.6 Å². The SMILES string of the molecule is CN(C(=O)OCCC(C)(C)C)[C@H]1CN(C(=O)C2CCN(C(=O)C3(C)CC3)CC2)C[C@@H]1c1ccc(Cl)c(Cl)c1. The third-order valence-electron chi connectivity index (χ3n) is 8.48. The topological polar surface area (TPSA) is 70.2 Å². The highest BCUT2D eigenvalue weighted by molar-refractivity contribution is 6.42. The second-order valence-electron chi connectivity index (χ2n) is 12.8. The number of rotatable bonds is 6. The van der Waals surface area contributed by atoms with Crippen LogP contribution in [0.4, 0.5) is 4.79 Å². The molecular formula is C29H41Cl2N3O4. The first-order chi connectivity index (χ1) is 17.8. The fourth-order valence-corrected chi connectivity index (χ4v) is 5.79. The average Bonchev–Trinajstić information content (AvgIpc) is 3.47. The van der Waals surface area contributed by atoms with E-state index in [4.69, 9.17) is 27.9 Å². The van der Waals surface area contributed by atoms with Gasteiger partial charge in [0.1, 0.15) is 0 Å². The number of likely N-dealkylation sites (tertiary alicyclic amines) is 2. The number of benzene rings is 1. The monoisotopic (exact) mass is 565 g/mol. The molecule has 4 rings (SSSR count). The zero-order valence-corrected chi connectivity index (χ0v) is 24.8. The van der Waals surface area contributed by atoms with E-state index in [0.717, 1.165) is 24.8 Å². The second kappa shape index (κ2) is 11.2. The third-order valence-corrected chi connectivity index (χ3v) is 9.22. The standard InChI is InChI=1S/C29H41Cl2N3O4/c1-28(2,3)12-15-38-27(37)32(5)24-18-34(17-21(24)20-6-7-22(30)23(31)16-20)25(35)19-8-13-33(14-9-19)26(36)29(4)10-11-29/h6-7,16,19,21,24H,8-15,17-18H2,1-5H3/t21-,24+/m1/s1. The number of hydrogen-bond acceptors (Lipinski definition) is 4. The number of ether oxygens (including phenoxy) is 1. The van der Waals surface area contributed by atoms with Crippen molar-refractivity contribution in [2.24, 2.45) is 16.7 Å². The number of piperidine rings is 1. The maximum Gasteiger partial charge on any atom is 0.409 e. The summed E-state index contributed by atoms with van der Waals surface area (Å²) in [5, 5.41) is 0.915. The lowest BCUT2D eigenvalue weighted by molar-refractivity contribution is -0.142. The maximum atomic E-state index is 13.6. The van der Waals surface area contributed by atoms with Crippen LogP contribution in [0.1, 0.15) is 71.3 Å². The quantitative estimate of drug-likeness (QED) is 0.435. The van der Waals surface area contributed by atoms with Crippen molar-refractivity contribution in [2.75, 3.05) is 39.8 Å². The molecule has 2 heterocycles. The van der Waals surface area contributed by atoms with E-state index in [9.17, 15) is 14.4 Å². The molecule has 0 spiro atoms. The molecule has 0 radical (unpaired) electrons. The van der Waals surface area contributed by atoms with Crippen molar-refractivity contribution < 1.29 is 19.1 Å². The fourth-order valence-electron chi connectivity index (χ4n) is 5.48. The van der Waals surface area contributed by atoms with E-state index in [1.54, 1.807) is 18.0 Å². The van der Waals surface area contributed by atoms with Crippen molar-refractivity contribution in [3.63, 3.8) is 0 Å². The van der Waals surface area contributed by atoms with E-state index in [0.29, 0.717) is 55.7 Å². The molecule has 9 heteroatoms. The third kappa shape index (κ3) is 6.59. The number of hydrogen-bond donors (Lipinski definition) is 0. The fraction of sp³-hybridized carbons (Fsp3) is 0.690. The molecule has 2 atom stereocenters. The van der Waals surface area contributed by atoms with Gasteiger partial charge in [-0.2, -0.15) is 0 Å². The lowest BCUT2D eigenvalue weighted by Gasteiger charge is -2.34. The van der Waals surface area contributed by atoms with Crippen LogP contribution < -0.4 is 0 Å². The van der Waals surface area contributed by atoms with E-state index >= 15 is 0 Å². The van der Waals surface area contributed by atoms with E-state index in [1.807, 2.05) is 28.9 Å². The molecule has 0 N–H and O–H groups in total. The van der Waals surface area contributed by atoms with Gasteiger partial charge in [0.15, 0.2) is 0 Å². The van der Waals surface area contributed by atoms with Crippen LogP contribution in [0.25, 0.3) is 0 Å². The Morgan fingerprint density at radius 1 is 1.05 bits per heavy atom. The molecule has 0 bridgehead atoms. The Bertz CT molecular complexity index is 1060. The lowest BCUT2D eigenvalue weighted by atomic mass is 9.93. The first kappa shape index (κ1) is 29.0. The summed E-state index contributed by atoms with van der Waals surface area (Å²) >= 11 is 12.5. The summed E-state index contributed by atoms with van der Waals surface area (Å²) in [4.78, 5) is 44.8. The van der Waals surface area contributed by atoms with Gasteiger partial charge in [-0.3, -0.25) is 9.59 Å². The molecule has 38 heavy (non-hydrogen) atoms. The minimum absolute atomic E-state index is 0.0641. The molecule has 1 aromatic rings. The Morgan fingerprint density at radius 3 is 2.29 bits per heavy atom. The van der Waals surface area contributed by atoms with E-state index < -0.39 is 0 Å². The minimum atomic E-state index is -0.390. The molecule has 2 aliphatic heterocycles. The highest BCUT2D eigenvalue weighted by Crippen LogP contribution is 2.47. The number of amides is 3. The van der Waals surface area contributed by atoms with Crippen molar-refractivity contribution in [1.82, 2.24) is 14.7 Å². The van der Waals surface area contributed by atoms with E-state index in [1.165, 1.54) is 0 Å². The molecule has 7 nitrogen and oxygen atoms in total. The van der Waals surface area contributed by atoms with Gasteiger partial charge in [-0.25, -0.2) is 4.79 Å². The summed E-state index contributed by atoms with van der Waals surface area (Å²) in [5.41, 5.74) is 0.819. The Morgan fingerprint density at radius 2 is 1.71 bits per heavy atom. The zero-order chi connectivity index (χ0) is 27.8. The summed E-state index contributed by atoms with van der Waals surface area (Å²) < 4.78 is 5.60. The van der Waals surface area contributed by atoms with Crippen LogP contribution >= 0.6 is 23.2 Å². The summed E-state index contributed by atoms with van der Waals surface area (Å²) in [6, 6.07) is 5.25. The first-order valence-electron chi connectivity index (χ1n) is 13.7. The number of halogens is 2. The number of nitrogens with zero attached hydrogens (tertiary/aromatic N) is 3. The second-order valence-corrected chi connectivity index (χ2v) is 13.6. The predicted molar refractivity (Wildman–Crippen MR) is 149 cm³/mol. The van der Waals surface area contributed by atoms with Crippen molar-refractivity contribution in [3.8, 4) is 0 Å². The van der Waals surface area contributed by atoms with Gasteiger partial charge in [-0.05, 0) is 55.2 Å². The van der Waals surface area contributed by atoms with Crippen LogP contribution in [0.15, 0.2) is 18.2 Å². The molecule has 1 saturated carbocycles. The van der Waals surface area contributed by atoms with Crippen molar-refractivity contribution in [2.45, 2.75) is 71.8 Å². The summed E-state index contributed by atoms with van der Waals surface area (Å²) in [7, 11) is 1.74. The molecule has 0 aromatic heterocycles. The number of carbonyl (C=O) groups excluding carboxylic acids is 3. The van der Waals surface area contributed by atoms with Crippen LogP contribution in [0, 0.1) is 16.7 Å². The first-order valence-corrected chi connectivity index (χ1v) is 14.5.